The van der Waals surface area contributed by atoms with E-state index in [1.54, 1.807) is 0 Å². The van der Waals surface area contributed by atoms with Gasteiger partial charge in [-0.15, -0.1) is 0 Å². The fourth-order valence-electron chi connectivity index (χ4n) is 3.77. The monoisotopic (exact) mass is 375 g/mol. The first-order valence-electron chi connectivity index (χ1n) is 9.04. The van der Waals surface area contributed by atoms with Gasteiger partial charge in [-0.1, -0.05) is 23.7 Å². The zero-order valence-electron chi connectivity index (χ0n) is 15.4. The molecule has 2 aromatic rings. The number of hydrogen-bond donors (Lipinski definition) is 1. The van der Waals surface area contributed by atoms with Gasteiger partial charge in [0.1, 0.15) is 0 Å². The highest BCUT2D eigenvalue weighted by molar-refractivity contribution is 6.30. The van der Waals surface area contributed by atoms with Crippen molar-refractivity contribution in [3.05, 3.63) is 46.2 Å². The van der Waals surface area contributed by atoms with Crippen LogP contribution in [0.2, 0.25) is 5.02 Å². The van der Waals surface area contributed by atoms with Crippen molar-refractivity contribution < 1.29 is 9.53 Å². The molecule has 2 N–H and O–H groups in total. The van der Waals surface area contributed by atoms with Crippen molar-refractivity contribution in [2.24, 2.45) is 5.73 Å². The highest BCUT2D eigenvalue weighted by atomic mass is 35.5. The fraction of sp³-hybridized carbons (Fsp3) is 0.450. The summed E-state index contributed by atoms with van der Waals surface area (Å²) in [4.78, 5) is 14.6. The Hall–Kier alpha value is -1.82. The molecule has 140 valence electrons. The number of nitrogens with two attached hydrogens (primary N) is 1. The average molecular weight is 376 g/mol. The minimum Gasteiger partial charge on any atom is -0.379 e. The normalized spacial score (nSPS) is 15.3. The molecular formula is C20H26ClN3O2. The van der Waals surface area contributed by atoms with Gasteiger partial charge in [-0.3, -0.25) is 9.69 Å². The van der Waals surface area contributed by atoms with Crippen molar-refractivity contribution in [3.63, 3.8) is 0 Å². The Morgan fingerprint density at radius 1 is 1.12 bits per heavy atom. The van der Waals surface area contributed by atoms with Gasteiger partial charge < -0.3 is 15.0 Å². The molecule has 5 nitrogen and oxygen atoms in total. The van der Waals surface area contributed by atoms with Crippen molar-refractivity contribution >= 4 is 17.5 Å². The number of amides is 1. The number of benzene rings is 1. The topological polar surface area (TPSA) is 60.5 Å². The summed E-state index contributed by atoms with van der Waals surface area (Å²) in [7, 11) is 0. The summed E-state index contributed by atoms with van der Waals surface area (Å²) >= 11 is 6.01. The first-order valence-corrected chi connectivity index (χ1v) is 9.42. The van der Waals surface area contributed by atoms with Gasteiger partial charge >= 0.3 is 0 Å². The molecule has 6 heteroatoms. The zero-order chi connectivity index (χ0) is 18.7. The number of nitrogens with zero attached hydrogens (tertiary/aromatic N) is 2. The van der Waals surface area contributed by atoms with E-state index in [0.29, 0.717) is 10.6 Å². The summed E-state index contributed by atoms with van der Waals surface area (Å²) in [6.07, 6.45) is 1.02. The van der Waals surface area contributed by atoms with E-state index in [1.807, 2.05) is 31.2 Å². The van der Waals surface area contributed by atoms with Gasteiger partial charge in [-0.2, -0.15) is 0 Å². The van der Waals surface area contributed by atoms with Gasteiger partial charge in [-0.25, -0.2) is 0 Å². The van der Waals surface area contributed by atoms with Crippen LogP contribution in [0, 0.1) is 13.8 Å². The largest absolute Gasteiger partial charge is 0.379 e. The van der Waals surface area contributed by atoms with Crippen LogP contribution in [0.3, 0.4) is 0 Å². The molecule has 1 aromatic heterocycles. The SMILES string of the molecule is Cc1c(C(N)=O)c(-c2ccc(Cl)cc2)c(C)n1CCCN1CCOCC1. The standard InChI is InChI=1S/C20H26ClN3O2/c1-14-18(16-4-6-17(21)7-5-16)19(20(22)25)15(2)24(14)9-3-8-23-10-12-26-13-11-23/h4-7H,3,8-13H2,1-2H3,(H2,22,25). The van der Waals surface area contributed by atoms with Crippen LogP contribution in [-0.2, 0) is 11.3 Å². The summed E-state index contributed by atoms with van der Waals surface area (Å²) in [5.74, 6) is -0.387. The van der Waals surface area contributed by atoms with E-state index in [4.69, 9.17) is 22.1 Å². The van der Waals surface area contributed by atoms with E-state index in [2.05, 4.69) is 16.4 Å². The molecule has 1 aromatic carbocycles. The van der Waals surface area contributed by atoms with E-state index in [0.717, 1.165) is 68.3 Å². The molecule has 2 heterocycles. The maximum atomic E-state index is 12.1. The number of aromatic nitrogens is 1. The number of morpholine rings is 1. The van der Waals surface area contributed by atoms with Crippen LogP contribution < -0.4 is 5.73 Å². The smallest absolute Gasteiger partial charge is 0.251 e. The molecule has 0 atom stereocenters. The Morgan fingerprint density at radius 3 is 2.38 bits per heavy atom. The van der Waals surface area contributed by atoms with Crippen LogP contribution in [0.5, 0.6) is 0 Å². The van der Waals surface area contributed by atoms with Crippen LogP contribution in [0.4, 0.5) is 0 Å². The third-order valence-corrected chi connectivity index (χ3v) is 5.37. The van der Waals surface area contributed by atoms with E-state index in [9.17, 15) is 4.79 Å². The molecule has 1 fully saturated rings. The second-order valence-electron chi connectivity index (χ2n) is 6.75. The van der Waals surface area contributed by atoms with Gasteiger partial charge in [0.05, 0.1) is 18.8 Å². The highest BCUT2D eigenvalue weighted by Crippen LogP contribution is 2.33. The van der Waals surface area contributed by atoms with Crippen molar-refractivity contribution in [1.82, 2.24) is 9.47 Å². The summed E-state index contributed by atoms with van der Waals surface area (Å²) in [5.41, 5.74) is 10.2. The summed E-state index contributed by atoms with van der Waals surface area (Å²) in [6, 6.07) is 7.56. The molecule has 3 rings (SSSR count). The van der Waals surface area contributed by atoms with E-state index in [1.165, 1.54) is 0 Å². The molecule has 26 heavy (non-hydrogen) atoms. The molecule has 1 saturated heterocycles. The summed E-state index contributed by atoms with van der Waals surface area (Å²) < 4.78 is 7.61. The number of rotatable bonds is 6. The zero-order valence-corrected chi connectivity index (χ0v) is 16.2. The maximum Gasteiger partial charge on any atom is 0.251 e. The quantitative estimate of drug-likeness (QED) is 0.843. The molecule has 1 amide bonds. The first-order chi connectivity index (χ1) is 12.5. The van der Waals surface area contributed by atoms with Gasteiger partial charge in [0.15, 0.2) is 0 Å². The lowest BCUT2D eigenvalue weighted by molar-refractivity contribution is 0.0369. The van der Waals surface area contributed by atoms with Crippen LogP contribution in [-0.4, -0.2) is 48.2 Å². The summed E-state index contributed by atoms with van der Waals surface area (Å²) in [6.45, 7) is 9.53. The minimum atomic E-state index is -0.387. The Labute approximate surface area is 159 Å². The molecule has 0 bridgehead atoms. The average Bonchev–Trinajstić information content (AvgIpc) is 2.88. The number of carbonyl (C=O) groups is 1. The van der Waals surface area contributed by atoms with Gasteiger partial charge in [0.25, 0.3) is 5.91 Å². The third kappa shape index (κ3) is 3.95. The molecule has 0 spiro atoms. The molecule has 0 aliphatic carbocycles. The van der Waals surface area contributed by atoms with E-state index >= 15 is 0 Å². The third-order valence-electron chi connectivity index (χ3n) is 5.12. The van der Waals surface area contributed by atoms with Crippen LogP contribution >= 0.6 is 11.6 Å². The summed E-state index contributed by atoms with van der Waals surface area (Å²) in [5, 5.41) is 0.675. The highest BCUT2D eigenvalue weighted by Gasteiger charge is 2.22. The number of ether oxygens (including phenoxy) is 1. The second kappa shape index (κ2) is 8.25. The Morgan fingerprint density at radius 2 is 1.77 bits per heavy atom. The van der Waals surface area contributed by atoms with Crippen molar-refractivity contribution in [2.45, 2.75) is 26.8 Å². The van der Waals surface area contributed by atoms with Gasteiger partial charge in [-0.05, 0) is 38.0 Å². The Kier molecular flexibility index (Phi) is 6.01. The predicted octanol–water partition coefficient (Wildman–Crippen LogP) is 3.25. The second-order valence-corrected chi connectivity index (χ2v) is 7.19. The Bertz CT molecular complexity index is 777. The van der Waals surface area contributed by atoms with Crippen LogP contribution in [0.25, 0.3) is 11.1 Å². The lowest BCUT2D eigenvalue weighted by Crippen LogP contribution is -2.37. The van der Waals surface area contributed by atoms with Crippen molar-refractivity contribution in [3.8, 4) is 11.1 Å². The molecular weight excluding hydrogens is 350 g/mol. The number of hydrogen-bond acceptors (Lipinski definition) is 3. The Balaban J connectivity index is 1.85. The number of primary amides is 1. The molecule has 0 radical (unpaired) electrons. The first kappa shape index (κ1) is 19.0. The lowest BCUT2D eigenvalue weighted by Gasteiger charge is -2.26. The van der Waals surface area contributed by atoms with Crippen molar-refractivity contribution in [2.75, 3.05) is 32.8 Å². The van der Waals surface area contributed by atoms with Gasteiger partial charge in [0, 0.05) is 48.2 Å². The number of carbonyl (C=O) groups excluding carboxylic acids is 1. The minimum absolute atomic E-state index is 0.387. The molecule has 0 saturated carbocycles. The van der Waals surface area contributed by atoms with Crippen LogP contribution in [0.15, 0.2) is 24.3 Å². The van der Waals surface area contributed by atoms with E-state index in [-0.39, 0.29) is 5.91 Å². The predicted molar refractivity (Wildman–Crippen MR) is 105 cm³/mol. The molecule has 1 aliphatic rings. The van der Waals surface area contributed by atoms with Gasteiger partial charge in [0.2, 0.25) is 0 Å². The lowest BCUT2D eigenvalue weighted by atomic mass is 10.0. The fourth-order valence-corrected chi connectivity index (χ4v) is 3.89. The van der Waals surface area contributed by atoms with Crippen molar-refractivity contribution in [1.29, 1.82) is 0 Å². The molecule has 0 unspecified atom stereocenters. The number of halogens is 1. The van der Waals surface area contributed by atoms with Crippen LogP contribution in [0.1, 0.15) is 28.2 Å². The van der Waals surface area contributed by atoms with E-state index < -0.39 is 0 Å². The molecule has 1 aliphatic heterocycles. The maximum absolute atomic E-state index is 12.1.